The van der Waals surface area contributed by atoms with Gasteiger partial charge in [0.2, 0.25) is 0 Å². The van der Waals surface area contributed by atoms with Crippen LogP contribution in [0.2, 0.25) is 0 Å². The Morgan fingerprint density at radius 2 is 1.45 bits per heavy atom. The van der Waals surface area contributed by atoms with Crippen LogP contribution in [-0.4, -0.2) is 7.11 Å². The molecule has 0 N–H and O–H groups in total. The summed E-state index contributed by atoms with van der Waals surface area (Å²) >= 11 is 0. The zero-order valence-electron chi connectivity index (χ0n) is 17.1. The molecule has 146 valence electrons. The van der Waals surface area contributed by atoms with Crippen LogP contribution in [0.1, 0.15) is 36.8 Å². The van der Waals surface area contributed by atoms with Crippen molar-refractivity contribution >= 4 is 0 Å². The maximum Gasteiger partial charge on any atom is 0.119 e. The molecule has 8 atom stereocenters. The number of ether oxygens (including phenoxy) is 1. The SMILES string of the molecule is COc1ccc2c(c1)C1(CC3C(C1)C1CC3C3C4C=CC(C4)C13)c1ccccc1-2. The van der Waals surface area contributed by atoms with E-state index in [1.54, 1.807) is 17.5 Å². The first-order valence-corrected chi connectivity index (χ1v) is 11.8. The van der Waals surface area contributed by atoms with Gasteiger partial charge < -0.3 is 4.74 Å². The highest BCUT2D eigenvalue weighted by Crippen LogP contribution is 2.75. The Labute approximate surface area is 173 Å². The third-order valence-corrected chi connectivity index (χ3v) is 10.4. The van der Waals surface area contributed by atoms with Crippen LogP contribution < -0.4 is 4.74 Å². The van der Waals surface area contributed by atoms with Gasteiger partial charge in [-0.1, -0.05) is 42.5 Å². The number of methoxy groups -OCH3 is 1. The lowest BCUT2D eigenvalue weighted by Gasteiger charge is -2.39. The van der Waals surface area contributed by atoms with Gasteiger partial charge in [-0.3, -0.25) is 0 Å². The van der Waals surface area contributed by atoms with E-state index >= 15 is 0 Å². The summed E-state index contributed by atoms with van der Waals surface area (Å²) in [5.74, 6) is 8.78. The van der Waals surface area contributed by atoms with E-state index in [9.17, 15) is 0 Å². The molecule has 4 saturated carbocycles. The highest BCUT2D eigenvalue weighted by molar-refractivity contribution is 5.82. The van der Waals surface area contributed by atoms with E-state index in [-0.39, 0.29) is 5.41 Å². The summed E-state index contributed by atoms with van der Waals surface area (Å²) < 4.78 is 5.68. The predicted molar refractivity (Wildman–Crippen MR) is 115 cm³/mol. The minimum atomic E-state index is 0.234. The Hall–Kier alpha value is -2.02. The number of hydrogen-bond acceptors (Lipinski definition) is 1. The number of rotatable bonds is 1. The fourth-order valence-electron chi connectivity index (χ4n) is 9.78. The standard InChI is InChI=1S/C28H28O/c1-29-17-8-9-19-18-4-2-3-5-24(18)28(25(19)11-17)13-22-20-12-21(23(22)14-28)27-16-7-6-15(10-16)26(20)27/h2-9,11,15-16,20-23,26-27H,10,12-14H2,1H3. The van der Waals surface area contributed by atoms with Crippen LogP contribution in [0, 0.1) is 47.3 Å². The molecule has 0 saturated heterocycles. The fourth-order valence-corrected chi connectivity index (χ4v) is 9.78. The molecule has 2 aromatic carbocycles. The molecule has 6 aliphatic carbocycles. The molecule has 0 amide bonds. The average Bonchev–Trinajstić information content (AvgIpc) is 3.57. The molecule has 1 heteroatoms. The first kappa shape index (κ1) is 15.8. The van der Waals surface area contributed by atoms with Gasteiger partial charge in [-0.05, 0) is 107 Å². The Kier molecular flexibility index (Phi) is 2.72. The van der Waals surface area contributed by atoms with Gasteiger partial charge >= 0.3 is 0 Å². The number of benzene rings is 2. The van der Waals surface area contributed by atoms with Crippen molar-refractivity contribution in [1.29, 1.82) is 0 Å². The van der Waals surface area contributed by atoms with Gasteiger partial charge in [0.15, 0.2) is 0 Å². The highest BCUT2D eigenvalue weighted by atomic mass is 16.5. The van der Waals surface area contributed by atoms with Crippen LogP contribution in [0.25, 0.3) is 11.1 Å². The third-order valence-electron chi connectivity index (χ3n) is 10.4. The molecular formula is C28H28O. The van der Waals surface area contributed by atoms with Crippen molar-refractivity contribution < 1.29 is 4.74 Å². The molecule has 4 bridgehead atoms. The van der Waals surface area contributed by atoms with Gasteiger partial charge in [0.25, 0.3) is 0 Å². The van der Waals surface area contributed by atoms with Crippen molar-refractivity contribution in [3.8, 4) is 16.9 Å². The van der Waals surface area contributed by atoms with E-state index in [0.29, 0.717) is 0 Å². The lowest BCUT2D eigenvalue weighted by Crippen LogP contribution is -2.34. The number of allylic oxidation sites excluding steroid dienone is 2. The maximum absolute atomic E-state index is 5.68. The number of fused-ring (bicyclic) bond motifs is 17. The molecule has 4 fully saturated rings. The summed E-state index contributed by atoms with van der Waals surface area (Å²) in [5.41, 5.74) is 6.37. The molecule has 0 radical (unpaired) electrons. The molecule has 6 aliphatic rings. The third kappa shape index (κ3) is 1.66. The van der Waals surface area contributed by atoms with Crippen molar-refractivity contribution in [3.63, 3.8) is 0 Å². The van der Waals surface area contributed by atoms with E-state index in [1.807, 2.05) is 7.11 Å². The summed E-state index contributed by atoms with van der Waals surface area (Å²) in [5, 5.41) is 0. The van der Waals surface area contributed by atoms with Crippen molar-refractivity contribution in [1.82, 2.24) is 0 Å². The highest BCUT2D eigenvalue weighted by Gasteiger charge is 2.68. The molecule has 1 spiro atoms. The zero-order chi connectivity index (χ0) is 18.9. The lowest BCUT2D eigenvalue weighted by molar-refractivity contribution is 0.108. The molecular weight excluding hydrogens is 352 g/mol. The van der Waals surface area contributed by atoms with E-state index in [2.05, 4.69) is 54.6 Å². The van der Waals surface area contributed by atoms with E-state index < -0.39 is 0 Å². The largest absolute Gasteiger partial charge is 0.497 e. The average molecular weight is 381 g/mol. The smallest absolute Gasteiger partial charge is 0.119 e. The molecule has 8 rings (SSSR count). The molecule has 0 aromatic heterocycles. The molecule has 29 heavy (non-hydrogen) atoms. The van der Waals surface area contributed by atoms with Gasteiger partial charge in [-0.25, -0.2) is 0 Å². The van der Waals surface area contributed by atoms with E-state index in [4.69, 9.17) is 4.74 Å². The van der Waals surface area contributed by atoms with Gasteiger partial charge in [0, 0.05) is 5.41 Å². The fraction of sp³-hybridized carbons (Fsp3) is 0.500. The van der Waals surface area contributed by atoms with Crippen molar-refractivity contribution in [2.24, 2.45) is 47.3 Å². The Morgan fingerprint density at radius 1 is 0.759 bits per heavy atom. The zero-order valence-corrected chi connectivity index (χ0v) is 17.1. The normalized spacial score (nSPS) is 46.2. The molecule has 8 unspecified atom stereocenters. The van der Waals surface area contributed by atoms with Crippen molar-refractivity contribution in [2.45, 2.75) is 31.1 Å². The molecule has 0 aliphatic heterocycles. The van der Waals surface area contributed by atoms with Gasteiger partial charge in [-0.15, -0.1) is 0 Å². The first-order chi connectivity index (χ1) is 14.3. The second kappa shape index (κ2) is 4.99. The predicted octanol–water partition coefficient (Wildman–Crippen LogP) is 6.08. The van der Waals surface area contributed by atoms with Crippen molar-refractivity contribution in [3.05, 3.63) is 65.7 Å². The van der Waals surface area contributed by atoms with Crippen LogP contribution in [0.4, 0.5) is 0 Å². The summed E-state index contributed by atoms with van der Waals surface area (Å²) in [7, 11) is 1.81. The molecule has 0 heterocycles. The maximum atomic E-state index is 5.68. The van der Waals surface area contributed by atoms with E-state index in [0.717, 1.165) is 53.1 Å². The minimum Gasteiger partial charge on any atom is -0.497 e. The number of hydrogen-bond donors (Lipinski definition) is 0. The second-order valence-corrected chi connectivity index (χ2v) is 10.9. The molecule has 2 aromatic rings. The van der Waals surface area contributed by atoms with Crippen LogP contribution in [0.3, 0.4) is 0 Å². The topological polar surface area (TPSA) is 9.23 Å². The van der Waals surface area contributed by atoms with Gasteiger partial charge in [-0.2, -0.15) is 0 Å². The summed E-state index contributed by atoms with van der Waals surface area (Å²) in [6.45, 7) is 0. The van der Waals surface area contributed by atoms with Crippen LogP contribution in [0.5, 0.6) is 5.75 Å². The van der Waals surface area contributed by atoms with Gasteiger partial charge in [0.05, 0.1) is 7.11 Å². The molecule has 1 nitrogen and oxygen atoms in total. The van der Waals surface area contributed by atoms with Gasteiger partial charge in [0.1, 0.15) is 5.75 Å². The van der Waals surface area contributed by atoms with E-state index in [1.165, 1.54) is 30.4 Å². The monoisotopic (exact) mass is 380 g/mol. The summed E-state index contributed by atoms with van der Waals surface area (Å²) in [4.78, 5) is 0. The van der Waals surface area contributed by atoms with Crippen LogP contribution in [-0.2, 0) is 5.41 Å². The van der Waals surface area contributed by atoms with Crippen molar-refractivity contribution in [2.75, 3.05) is 7.11 Å². The Morgan fingerprint density at radius 3 is 2.17 bits per heavy atom. The Balaban J connectivity index is 1.28. The minimum absolute atomic E-state index is 0.234. The summed E-state index contributed by atoms with van der Waals surface area (Å²) in [6.07, 6.45) is 11.0. The summed E-state index contributed by atoms with van der Waals surface area (Å²) in [6, 6.07) is 16.1. The second-order valence-electron chi connectivity index (χ2n) is 10.9. The first-order valence-electron chi connectivity index (χ1n) is 11.8. The quantitative estimate of drug-likeness (QED) is 0.430. The van der Waals surface area contributed by atoms with Crippen LogP contribution in [0.15, 0.2) is 54.6 Å². The van der Waals surface area contributed by atoms with Crippen LogP contribution >= 0.6 is 0 Å². The lowest BCUT2D eigenvalue weighted by atomic mass is 9.66. The Bertz CT molecular complexity index is 1050.